The van der Waals surface area contributed by atoms with Gasteiger partial charge >= 0.3 is 5.97 Å². The number of amides is 1. The molecule has 0 bridgehead atoms. The quantitative estimate of drug-likeness (QED) is 0.625. The molecule has 2 N–H and O–H groups in total. The number of thioether (sulfide) groups is 1. The summed E-state index contributed by atoms with van der Waals surface area (Å²) in [7, 11) is 0. The van der Waals surface area contributed by atoms with E-state index >= 15 is 0 Å². The summed E-state index contributed by atoms with van der Waals surface area (Å²) in [6, 6.07) is 0. The van der Waals surface area contributed by atoms with Crippen molar-refractivity contribution in [3.05, 3.63) is 0 Å². The Bertz CT molecular complexity index is 258. The van der Waals surface area contributed by atoms with Gasteiger partial charge in [0.05, 0.1) is 0 Å². The highest BCUT2D eigenvalue weighted by Crippen LogP contribution is 2.11. The van der Waals surface area contributed by atoms with Gasteiger partial charge in [0.15, 0.2) is 0 Å². The zero-order valence-corrected chi connectivity index (χ0v) is 11.7. The molecule has 0 aromatic rings. The minimum absolute atomic E-state index is 0.180. The maximum Gasteiger partial charge on any atom is 0.329 e. The molecule has 1 atom stereocenters. The fourth-order valence-corrected chi connectivity index (χ4v) is 2.20. The smallest absolute Gasteiger partial charge is 0.329 e. The van der Waals surface area contributed by atoms with Crippen LogP contribution in [0.15, 0.2) is 0 Å². The zero-order valence-electron chi connectivity index (χ0n) is 10.9. The van der Waals surface area contributed by atoms with E-state index < -0.39 is 11.5 Å². The van der Waals surface area contributed by atoms with Gasteiger partial charge in [-0.1, -0.05) is 20.3 Å². The number of nitrogens with one attached hydrogen (secondary N) is 1. The van der Waals surface area contributed by atoms with Gasteiger partial charge < -0.3 is 10.4 Å². The first-order valence-corrected chi connectivity index (χ1v) is 7.24. The van der Waals surface area contributed by atoms with Gasteiger partial charge in [0.1, 0.15) is 5.54 Å². The van der Waals surface area contributed by atoms with Crippen LogP contribution in [0.3, 0.4) is 0 Å². The van der Waals surface area contributed by atoms with Crippen molar-refractivity contribution in [2.24, 2.45) is 0 Å². The van der Waals surface area contributed by atoms with Crippen molar-refractivity contribution in [3.63, 3.8) is 0 Å². The van der Waals surface area contributed by atoms with E-state index in [0.29, 0.717) is 12.8 Å². The van der Waals surface area contributed by atoms with E-state index in [1.165, 1.54) is 6.92 Å². The summed E-state index contributed by atoms with van der Waals surface area (Å²) in [6.45, 7) is 5.43. The second-order valence-electron chi connectivity index (χ2n) is 4.25. The Hall–Kier alpha value is -0.710. The third-order valence-electron chi connectivity index (χ3n) is 2.71. The summed E-state index contributed by atoms with van der Waals surface area (Å²) in [4.78, 5) is 22.5. The van der Waals surface area contributed by atoms with Crippen LogP contribution in [0.25, 0.3) is 0 Å². The number of hydrogen-bond donors (Lipinski definition) is 2. The molecule has 4 nitrogen and oxygen atoms in total. The summed E-state index contributed by atoms with van der Waals surface area (Å²) >= 11 is 1.74. The van der Waals surface area contributed by atoms with Crippen molar-refractivity contribution in [1.29, 1.82) is 0 Å². The molecule has 0 saturated carbocycles. The van der Waals surface area contributed by atoms with Crippen molar-refractivity contribution >= 4 is 23.6 Å². The molecule has 1 amide bonds. The van der Waals surface area contributed by atoms with Gasteiger partial charge in [-0.2, -0.15) is 11.8 Å². The maximum atomic E-state index is 11.6. The fourth-order valence-electron chi connectivity index (χ4n) is 1.18. The largest absolute Gasteiger partial charge is 0.480 e. The Morgan fingerprint density at radius 2 is 1.94 bits per heavy atom. The molecule has 0 aromatic carbocycles. The van der Waals surface area contributed by atoms with Crippen LogP contribution in [0.5, 0.6) is 0 Å². The molecule has 17 heavy (non-hydrogen) atoms. The Balaban J connectivity index is 3.88. The van der Waals surface area contributed by atoms with Crippen LogP contribution in [0.2, 0.25) is 0 Å². The number of unbranched alkanes of at least 4 members (excludes halogenated alkanes) is 1. The predicted molar refractivity (Wildman–Crippen MR) is 71.3 cm³/mol. The predicted octanol–water partition coefficient (Wildman–Crippen LogP) is 2.28. The van der Waals surface area contributed by atoms with Crippen molar-refractivity contribution in [3.8, 4) is 0 Å². The van der Waals surface area contributed by atoms with Crippen LogP contribution in [0, 0.1) is 0 Å². The lowest BCUT2D eigenvalue weighted by atomic mass is 9.99. The average Bonchev–Trinajstić information content (AvgIpc) is 2.28. The van der Waals surface area contributed by atoms with Crippen molar-refractivity contribution in [2.75, 3.05) is 11.5 Å². The maximum absolute atomic E-state index is 11.6. The number of aliphatic carboxylic acids is 1. The molecule has 5 heteroatoms. The first-order chi connectivity index (χ1) is 7.96. The Kier molecular flexibility index (Phi) is 8.04. The summed E-state index contributed by atoms with van der Waals surface area (Å²) in [6.07, 6.45) is 3.09. The van der Waals surface area contributed by atoms with Crippen molar-refractivity contribution in [1.82, 2.24) is 5.32 Å². The molecule has 0 heterocycles. The van der Waals surface area contributed by atoms with Crippen LogP contribution in [-0.2, 0) is 9.59 Å². The van der Waals surface area contributed by atoms with Crippen LogP contribution in [-0.4, -0.2) is 34.0 Å². The van der Waals surface area contributed by atoms with Gasteiger partial charge in [-0.15, -0.1) is 0 Å². The molecule has 1 unspecified atom stereocenters. The van der Waals surface area contributed by atoms with Gasteiger partial charge in [0.25, 0.3) is 0 Å². The highest BCUT2D eigenvalue weighted by molar-refractivity contribution is 7.99. The molecule has 0 aliphatic carbocycles. The lowest BCUT2D eigenvalue weighted by molar-refractivity contribution is -0.146. The molecule has 0 radical (unpaired) electrons. The average molecular weight is 261 g/mol. The minimum Gasteiger partial charge on any atom is -0.480 e. The molecule has 0 aliphatic heterocycles. The van der Waals surface area contributed by atoms with E-state index in [2.05, 4.69) is 12.2 Å². The first kappa shape index (κ1) is 16.3. The van der Waals surface area contributed by atoms with Crippen molar-refractivity contribution in [2.45, 2.75) is 52.0 Å². The number of rotatable bonds is 9. The van der Waals surface area contributed by atoms with Gasteiger partial charge in [-0.05, 0) is 25.5 Å². The normalized spacial score (nSPS) is 14.1. The third-order valence-corrected chi connectivity index (χ3v) is 3.78. The highest BCUT2D eigenvalue weighted by Gasteiger charge is 2.32. The number of carbonyl (C=O) groups excluding carboxylic acids is 1. The van der Waals surface area contributed by atoms with E-state index in [1.54, 1.807) is 18.7 Å². The Morgan fingerprint density at radius 1 is 1.29 bits per heavy atom. The molecular formula is C12H23NO3S. The van der Waals surface area contributed by atoms with Gasteiger partial charge in [-0.3, -0.25) is 4.79 Å². The monoisotopic (exact) mass is 261 g/mol. The molecule has 0 spiro atoms. The first-order valence-electron chi connectivity index (χ1n) is 6.08. The van der Waals surface area contributed by atoms with Gasteiger partial charge in [0, 0.05) is 12.2 Å². The topological polar surface area (TPSA) is 66.4 Å². The fraction of sp³-hybridized carbons (Fsp3) is 0.833. The van der Waals surface area contributed by atoms with E-state index in [9.17, 15) is 9.59 Å². The van der Waals surface area contributed by atoms with E-state index in [0.717, 1.165) is 24.3 Å². The summed E-state index contributed by atoms with van der Waals surface area (Å²) in [5, 5.41) is 11.6. The lowest BCUT2D eigenvalue weighted by Gasteiger charge is -2.24. The molecule has 100 valence electrons. The van der Waals surface area contributed by atoms with Gasteiger partial charge in [0.2, 0.25) is 5.91 Å². The lowest BCUT2D eigenvalue weighted by Crippen LogP contribution is -2.51. The molecule has 0 saturated heterocycles. The van der Waals surface area contributed by atoms with Crippen molar-refractivity contribution < 1.29 is 14.7 Å². The molecule has 0 rings (SSSR count). The summed E-state index contributed by atoms with van der Waals surface area (Å²) in [5.41, 5.74) is -1.13. The molecule has 0 fully saturated rings. The van der Waals surface area contributed by atoms with E-state index in [4.69, 9.17) is 5.11 Å². The standard InChI is InChI=1S/C12H23NO3S/c1-4-6-8-17-9-7-10(14)13-12(3,5-2)11(15)16/h4-9H2,1-3H3,(H,13,14)(H,15,16). The van der Waals surface area contributed by atoms with E-state index in [-0.39, 0.29) is 5.91 Å². The summed E-state index contributed by atoms with van der Waals surface area (Å²) in [5.74, 6) is 0.659. The number of carboxylic acids is 1. The van der Waals surface area contributed by atoms with Crippen LogP contribution < -0.4 is 5.32 Å². The molecule has 0 aliphatic rings. The molecular weight excluding hydrogens is 238 g/mol. The third kappa shape index (κ3) is 6.56. The van der Waals surface area contributed by atoms with E-state index in [1.807, 2.05) is 0 Å². The zero-order chi connectivity index (χ0) is 13.3. The number of carbonyl (C=O) groups is 2. The second kappa shape index (κ2) is 8.39. The SMILES string of the molecule is CCCCSCCC(=O)NC(C)(CC)C(=O)O. The van der Waals surface area contributed by atoms with Crippen LogP contribution in [0.4, 0.5) is 0 Å². The summed E-state index contributed by atoms with van der Waals surface area (Å²) < 4.78 is 0. The number of carboxylic acid groups (broad SMARTS) is 1. The van der Waals surface area contributed by atoms with Gasteiger partial charge in [-0.25, -0.2) is 4.79 Å². The Morgan fingerprint density at radius 3 is 2.41 bits per heavy atom. The number of hydrogen-bond acceptors (Lipinski definition) is 3. The second-order valence-corrected chi connectivity index (χ2v) is 5.48. The molecule has 0 aromatic heterocycles. The Labute approximate surface area is 108 Å². The minimum atomic E-state index is -1.13. The van der Waals surface area contributed by atoms with Crippen LogP contribution >= 0.6 is 11.8 Å². The van der Waals surface area contributed by atoms with Crippen LogP contribution in [0.1, 0.15) is 46.5 Å². The highest BCUT2D eigenvalue weighted by atomic mass is 32.2.